The molecule has 0 bridgehead atoms. The Kier molecular flexibility index (Phi) is 5.05. The van der Waals surface area contributed by atoms with Gasteiger partial charge in [0.2, 0.25) is 0 Å². The minimum Gasteiger partial charge on any atom is -0.495 e. The van der Waals surface area contributed by atoms with Gasteiger partial charge >= 0.3 is 5.97 Å². The van der Waals surface area contributed by atoms with Gasteiger partial charge in [0.15, 0.2) is 0 Å². The lowest BCUT2D eigenvalue weighted by Gasteiger charge is -2.07. The molecule has 23 heavy (non-hydrogen) atoms. The largest absolute Gasteiger partial charge is 0.495 e. The Hall–Kier alpha value is -1.35. The van der Waals surface area contributed by atoms with Crippen molar-refractivity contribution in [3.8, 4) is 5.75 Å². The van der Waals surface area contributed by atoms with Crippen LogP contribution in [0.5, 0.6) is 5.75 Å². The molecule has 0 aliphatic carbocycles. The number of ether oxygens (including phenoxy) is 2. The Labute approximate surface area is 161 Å². The number of halogens is 2. The topological polar surface area (TPSA) is 35.5 Å². The number of esters is 1. The maximum atomic E-state index is 12.1. The fourth-order valence-corrected chi connectivity index (χ4v) is 4.53. The second-order valence-electron chi connectivity index (χ2n) is 4.88. The smallest absolute Gasteiger partial charge is 0.343 e. The minimum atomic E-state index is -0.329. The second kappa shape index (κ2) is 7.04. The third-order valence-corrected chi connectivity index (χ3v) is 4.93. The van der Waals surface area contributed by atoms with Crippen LogP contribution in [-0.4, -0.2) is 13.1 Å². The minimum absolute atomic E-state index is 0.329. The van der Waals surface area contributed by atoms with Crippen molar-refractivity contribution in [2.45, 2.75) is 0 Å². The summed E-state index contributed by atoms with van der Waals surface area (Å²) in [5.41, 5.74) is 2.38. The normalized spacial score (nSPS) is 15.5. The molecule has 2 aromatic carbocycles. The fourth-order valence-electron chi connectivity index (χ4n) is 2.27. The molecule has 3 rings (SSSR count). The van der Waals surface area contributed by atoms with Crippen LogP contribution in [0.2, 0.25) is 0 Å². The first-order chi connectivity index (χ1) is 11.1. The van der Waals surface area contributed by atoms with Crippen LogP contribution in [-0.2, 0) is 9.53 Å². The number of hydrogen-bond acceptors (Lipinski definition) is 3. The van der Waals surface area contributed by atoms with E-state index in [1.54, 1.807) is 13.2 Å². The Balaban J connectivity index is 1.97. The SMILES string of the molecule is COc1c(I)cc(C=C2C=C(c3ccccc3)OC2=O)cc1I. The number of carbonyl (C=O) groups excluding carboxylic acids is 1. The first-order valence-electron chi connectivity index (χ1n) is 6.82. The molecule has 1 heterocycles. The summed E-state index contributed by atoms with van der Waals surface area (Å²) in [4.78, 5) is 12.1. The number of hydrogen-bond donors (Lipinski definition) is 0. The Bertz CT molecular complexity index is 800. The molecule has 0 fully saturated rings. The van der Waals surface area contributed by atoms with E-state index in [-0.39, 0.29) is 5.97 Å². The van der Waals surface area contributed by atoms with Crippen LogP contribution in [0.1, 0.15) is 11.1 Å². The van der Waals surface area contributed by atoms with Crippen LogP contribution in [0.3, 0.4) is 0 Å². The molecule has 0 spiro atoms. The van der Waals surface area contributed by atoms with E-state index in [0.717, 1.165) is 24.0 Å². The summed E-state index contributed by atoms with van der Waals surface area (Å²) < 4.78 is 12.7. The van der Waals surface area contributed by atoms with Gasteiger partial charge in [-0.05, 0) is 75.0 Å². The number of rotatable bonds is 3. The maximum absolute atomic E-state index is 12.1. The summed E-state index contributed by atoms with van der Waals surface area (Å²) in [6.07, 6.45) is 3.61. The van der Waals surface area contributed by atoms with Crippen LogP contribution in [0.25, 0.3) is 11.8 Å². The molecular weight excluding hydrogens is 518 g/mol. The van der Waals surface area contributed by atoms with Crippen molar-refractivity contribution in [2.75, 3.05) is 7.11 Å². The molecule has 0 aromatic heterocycles. The highest BCUT2D eigenvalue weighted by Gasteiger charge is 2.22. The Morgan fingerprint density at radius 1 is 1.09 bits per heavy atom. The third-order valence-electron chi connectivity index (χ3n) is 3.33. The molecule has 1 aliphatic rings. The number of benzene rings is 2. The quantitative estimate of drug-likeness (QED) is 0.323. The first kappa shape index (κ1) is 16.5. The lowest BCUT2D eigenvalue weighted by atomic mass is 10.1. The standard InChI is InChI=1S/C18H12I2O3/c1-22-17-14(19)8-11(9-15(17)20)7-13-10-16(23-18(13)21)12-5-3-2-4-6-12/h2-10H,1H3. The van der Waals surface area contributed by atoms with Gasteiger partial charge in [0.25, 0.3) is 0 Å². The fraction of sp³-hybridized carbons (Fsp3) is 0.0556. The predicted molar refractivity (Wildman–Crippen MR) is 107 cm³/mol. The predicted octanol–water partition coefficient (Wildman–Crippen LogP) is 4.89. The van der Waals surface area contributed by atoms with Gasteiger partial charge in [-0.15, -0.1) is 0 Å². The lowest BCUT2D eigenvalue weighted by Crippen LogP contribution is -1.97. The van der Waals surface area contributed by atoms with E-state index in [0.29, 0.717) is 11.3 Å². The van der Waals surface area contributed by atoms with E-state index >= 15 is 0 Å². The summed E-state index contributed by atoms with van der Waals surface area (Å²) in [6, 6.07) is 13.6. The van der Waals surface area contributed by atoms with Crippen LogP contribution >= 0.6 is 45.2 Å². The van der Waals surface area contributed by atoms with Gasteiger partial charge in [-0.2, -0.15) is 0 Å². The highest BCUT2D eigenvalue weighted by molar-refractivity contribution is 14.1. The molecule has 5 heteroatoms. The van der Waals surface area contributed by atoms with Crippen LogP contribution in [0.15, 0.2) is 54.1 Å². The molecule has 0 saturated heterocycles. The molecule has 0 saturated carbocycles. The Morgan fingerprint density at radius 2 is 1.74 bits per heavy atom. The average Bonchev–Trinajstić information content (AvgIpc) is 2.89. The van der Waals surface area contributed by atoms with Gasteiger partial charge in [0.05, 0.1) is 19.8 Å². The van der Waals surface area contributed by atoms with Crippen LogP contribution in [0, 0.1) is 7.14 Å². The Morgan fingerprint density at radius 3 is 2.35 bits per heavy atom. The van der Waals surface area contributed by atoms with Crippen molar-refractivity contribution in [1.29, 1.82) is 0 Å². The van der Waals surface area contributed by atoms with Gasteiger partial charge in [0.1, 0.15) is 11.5 Å². The molecule has 1 aliphatic heterocycles. The molecule has 3 nitrogen and oxygen atoms in total. The lowest BCUT2D eigenvalue weighted by molar-refractivity contribution is -0.130. The van der Waals surface area contributed by atoms with E-state index in [9.17, 15) is 4.79 Å². The van der Waals surface area contributed by atoms with E-state index < -0.39 is 0 Å². The van der Waals surface area contributed by atoms with E-state index in [4.69, 9.17) is 9.47 Å². The highest BCUT2D eigenvalue weighted by atomic mass is 127. The van der Waals surface area contributed by atoms with Crippen molar-refractivity contribution >= 4 is 63.0 Å². The highest BCUT2D eigenvalue weighted by Crippen LogP contribution is 2.31. The summed E-state index contributed by atoms with van der Waals surface area (Å²) in [5.74, 6) is 1.10. The van der Waals surface area contributed by atoms with Crippen molar-refractivity contribution in [1.82, 2.24) is 0 Å². The van der Waals surface area contributed by atoms with E-state index in [2.05, 4.69) is 45.2 Å². The molecule has 116 valence electrons. The van der Waals surface area contributed by atoms with Crippen molar-refractivity contribution < 1.29 is 14.3 Å². The number of carbonyl (C=O) groups is 1. The molecule has 0 amide bonds. The molecule has 0 atom stereocenters. The van der Waals surface area contributed by atoms with Gasteiger partial charge in [-0.25, -0.2) is 4.79 Å². The van der Waals surface area contributed by atoms with E-state index in [1.165, 1.54) is 0 Å². The molecule has 0 N–H and O–H groups in total. The number of methoxy groups -OCH3 is 1. The van der Waals surface area contributed by atoms with Crippen molar-refractivity contribution in [3.05, 3.63) is 72.4 Å². The molecular formula is C18H12I2O3. The zero-order valence-electron chi connectivity index (χ0n) is 12.2. The van der Waals surface area contributed by atoms with Crippen molar-refractivity contribution in [3.63, 3.8) is 0 Å². The first-order valence-corrected chi connectivity index (χ1v) is 8.98. The van der Waals surface area contributed by atoms with E-state index in [1.807, 2.05) is 48.5 Å². The monoisotopic (exact) mass is 530 g/mol. The molecule has 0 unspecified atom stereocenters. The van der Waals surface area contributed by atoms with Gasteiger partial charge in [0, 0.05) is 5.56 Å². The summed E-state index contributed by atoms with van der Waals surface area (Å²) in [7, 11) is 1.65. The third kappa shape index (κ3) is 3.60. The van der Waals surface area contributed by atoms with Gasteiger partial charge in [-0.3, -0.25) is 0 Å². The summed E-state index contributed by atoms with van der Waals surface area (Å²) >= 11 is 4.45. The maximum Gasteiger partial charge on any atom is 0.343 e. The van der Waals surface area contributed by atoms with Crippen LogP contribution in [0.4, 0.5) is 0 Å². The average molecular weight is 530 g/mol. The van der Waals surface area contributed by atoms with Crippen LogP contribution < -0.4 is 4.74 Å². The second-order valence-corrected chi connectivity index (χ2v) is 7.21. The summed E-state index contributed by atoms with van der Waals surface area (Å²) in [6.45, 7) is 0. The van der Waals surface area contributed by atoms with Gasteiger partial charge < -0.3 is 9.47 Å². The zero-order valence-corrected chi connectivity index (χ0v) is 16.5. The number of cyclic esters (lactones) is 1. The van der Waals surface area contributed by atoms with Gasteiger partial charge in [-0.1, -0.05) is 30.3 Å². The van der Waals surface area contributed by atoms with Crippen molar-refractivity contribution in [2.24, 2.45) is 0 Å². The zero-order chi connectivity index (χ0) is 16.4. The summed E-state index contributed by atoms with van der Waals surface area (Å²) in [5, 5.41) is 0. The molecule has 0 radical (unpaired) electrons. The molecule has 2 aromatic rings.